The lowest BCUT2D eigenvalue weighted by Crippen LogP contribution is -2.30. The Bertz CT molecular complexity index is 278. The van der Waals surface area contributed by atoms with Gasteiger partial charge in [0.05, 0.1) is 0 Å². The van der Waals surface area contributed by atoms with Gasteiger partial charge in [0, 0.05) is 13.0 Å². The third-order valence-corrected chi connectivity index (χ3v) is 1.75. The molecule has 0 aliphatic rings. The Kier molecular flexibility index (Phi) is 16.7. The molecule has 8 N–H and O–H groups in total. The average molecular weight is 278 g/mol. The minimum atomic E-state index is -1.00. The summed E-state index contributed by atoms with van der Waals surface area (Å²) in [5.41, 5.74) is 15.3. The van der Waals surface area contributed by atoms with Gasteiger partial charge in [0.2, 0.25) is 0 Å². The number of nitrogens with two attached hydrogens (primary N) is 3. The summed E-state index contributed by atoms with van der Waals surface area (Å²) in [6.07, 6.45) is 1.98. The predicted molar refractivity (Wildman–Crippen MR) is 74.8 cm³/mol. The summed E-state index contributed by atoms with van der Waals surface area (Å²) >= 11 is 0. The summed E-state index contributed by atoms with van der Waals surface area (Å²) in [6, 6.07) is -0.820. The van der Waals surface area contributed by atoms with E-state index >= 15 is 0 Å². The third-order valence-electron chi connectivity index (χ3n) is 1.75. The van der Waals surface area contributed by atoms with Crippen LogP contribution in [0.4, 0.5) is 0 Å². The van der Waals surface area contributed by atoms with Gasteiger partial charge in [-0.1, -0.05) is 14.4 Å². The molecule has 0 aromatic rings. The molecule has 0 spiro atoms. The van der Waals surface area contributed by atoms with Crippen LogP contribution in [0.1, 0.15) is 40.0 Å². The smallest absolute Gasteiger partial charge is 0.320 e. The molecular formula is C11H26N4O4. The van der Waals surface area contributed by atoms with E-state index in [0.29, 0.717) is 25.8 Å². The van der Waals surface area contributed by atoms with Crippen LogP contribution in [0, 0.1) is 0 Å². The monoisotopic (exact) mass is 278 g/mol. The van der Waals surface area contributed by atoms with Gasteiger partial charge in [0.15, 0.2) is 5.96 Å². The van der Waals surface area contributed by atoms with Crippen molar-refractivity contribution < 1.29 is 19.8 Å². The molecule has 0 aliphatic heterocycles. The molecular weight excluding hydrogens is 252 g/mol. The lowest BCUT2D eigenvalue weighted by molar-refractivity contribution is -0.139. The van der Waals surface area contributed by atoms with E-state index in [0.717, 1.165) is 6.42 Å². The number of guanidine groups is 1. The molecule has 0 unspecified atom stereocenters. The molecule has 0 amide bonds. The van der Waals surface area contributed by atoms with Crippen LogP contribution < -0.4 is 17.2 Å². The van der Waals surface area contributed by atoms with Gasteiger partial charge in [-0.3, -0.25) is 14.6 Å². The van der Waals surface area contributed by atoms with Gasteiger partial charge in [-0.25, -0.2) is 0 Å². The number of rotatable bonds is 7. The van der Waals surface area contributed by atoms with Crippen molar-refractivity contribution in [1.82, 2.24) is 0 Å². The maximum absolute atomic E-state index is 10.2. The first-order valence-corrected chi connectivity index (χ1v) is 5.56. The molecule has 8 heteroatoms. The Hall–Kier alpha value is -1.83. The van der Waals surface area contributed by atoms with Crippen LogP contribution in [-0.2, 0) is 9.59 Å². The SMILES string of the molecule is C.CCCC(=O)O.NC(N)=NCCC[C@H](N)C(=O)O. The molecule has 0 aliphatic carbocycles. The number of nitrogens with zero attached hydrogens (tertiary/aromatic N) is 1. The molecule has 0 saturated carbocycles. The fourth-order valence-electron chi connectivity index (χ4n) is 0.857. The van der Waals surface area contributed by atoms with Crippen molar-refractivity contribution in [3.05, 3.63) is 0 Å². The Labute approximate surface area is 113 Å². The number of aliphatic carboxylic acids is 2. The van der Waals surface area contributed by atoms with Gasteiger partial charge < -0.3 is 27.4 Å². The van der Waals surface area contributed by atoms with Crippen LogP contribution in [0.3, 0.4) is 0 Å². The molecule has 0 rings (SSSR count). The van der Waals surface area contributed by atoms with Crippen LogP contribution in [0.15, 0.2) is 4.99 Å². The summed E-state index contributed by atoms with van der Waals surface area (Å²) in [6.45, 7) is 2.26. The number of carboxylic acids is 2. The zero-order chi connectivity index (χ0) is 14.6. The molecule has 0 aromatic carbocycles. The van der Waals surface area contributed by atoms with Gasteiger partial charge in [-0.05, 0) is 19.3 Å². The molecule has 19 heavy (non-hydrogen) atoms. The van der Waals surface area contributed by atoms with Gasteiger partial charge in [-0.2, -0.15) is 0 Å². The standard InChI is InChI=1S/C6H14N4O2.C4H8O2.CH4/c7-4(5(11)12)2-1-3-10-6(8)9;1-2-3-4(5)6;/h4H,1-3,7H2,(H,11,12)(H4,8,9,10);2-3H2,1H3,(H,5,6);1H4/t4-;;/m0../s1. The van der Waals surface area contributed by atoms with Crippen molar-refractivity contribution >= 4 is 17.9 Å². The van der Waals surface area contributed by atoms with Gasteiger partial charge in [0.1, 0.15) is 6.04 Å². The highest BCUT2D eigenvalue weighted by Gasteiger charge is 2.09. The minimum Gasteiger partial charge on any atom is -0.481 e. The normalized spacial score (nSPS) is 10.2. The molecule has 1 atom stereocenters. The maximum atomic E-state index is 10.2. The quantitative estimate of drug-likeness (QED) is 0.247. The first kappa shape index (κ1) is 22.4. The van der Waals surface area contributed by atoms with E-state index in [9.17, 15) is 9.59 Å². The molecule has 0 saturated heterocycles. The van der Waals surface area contributed by atoms with Crippen LogP contribution in [-0.4, -0.2) is 40.7 Å². The van der Waals surface area contributed by atoms with E-state index in [2.05, 4.69) is 4.99 Å². The van der Waals surface area contributed by atoms with E-state index in [4.69, 9.17) is 27.4 Å². The van der Waals surface area contributed by atoms with E-state index < -0.39 is 18.0 Å². The van der Waals surface area contributed by atoms with Gasteiger partial charge in [0.25, 0.3) is 0 Å². The summed E-state index contributed by atoms with van der Waals surface area (Å²) in [4.78, 5) is 23.5. The predicted octanol–water partition coefficient (Wildman–Crippen LogP) is -0.0409. The summed E-state index contributed by atoms with van der Waals surface area (Å²) in [5, 5.41) is 16.3. The summed E-state index contributed by atoms with van der Waals surface area (Å²) in [7, 11) is 0. The molecule has 8 nitrogen and oxygen atoms in total. The van der Waals surface area contributed by atoms with Crippen LogP contribution in [0.5, 0.6) is 0 Å². The van der Waals surface area contributed by atoms with Crippen molar-refractivity contribution in [2.75, 3.05) is 6.54 Å². The molecule has 0 heterocycles. The first-order chi connectivity index (χ1) is 8.31. The second-order valence-electron chi connectivity index (χ2n) is 3.54. The van der Waals surface area contributed by atoms with Crippen molar-refractivity contribution in [2.24, 2.45) is 22.2 Å². The number of hydrogen-bond acceptors (Lipinski definition) is 4. The molecule has 0 bridgehead atoms. The summed E-state index contributed by atoms with van der Waals surface area (Å²) in [5.74, 6) is -1.70. The Morgan fingerprint density at radius 2 is 1.79 bits per heavy atom. The van der Waals surface area contributed by atoms with Crippen LogP contribution >= 0.6 is 0 Å². The largest absolute Gasteiger partial charge is 0.481 e. The van der Waals surface area contributed by atoms with Crippen LogP contribution in [0.25, 0.3) is 0 Å². The number of aliphatic imine (C=N–C) groups is 1. The zero-order valence-corrected chi connectivity index (χ0v) is 10.5. The second-order valence-corrected chi connectivity index (χ2v) is 3.54. The second kappa shape index (κ2) is 14.2. The number of carbonyl (C=O) groups is 2. The van der Waals surface area contributed by atoms with E-state index in [1.807, 2.05) is 6.92 Å². The molecule has 114 valence electrons. The van der Waals surface area contributed by atoms with E-state index in [1.54, 1.807) is 0 Å². The Morgan fingerprint density at radius 3 is 2.05 bits per heavy atom. The van der Waals surface area contributed by atoms with Gasteiger partial charge in [-0.15, -0.1) is 0 Å². The Balaban J connectivity index is -0.000000313. The van der Waals surface area contributed by atoms with E-state index in [-0.39, 0.29) is 13.4 Å². The van der Waals surface area contributed by atoms with Crippen molar-refractivity contribution in [2.45, 2.75) is 46.1 Å². The topological polar surface area (TPSA) is 165 Å². The molecule has 0 aromatic heterocycles. The van der Waals surface area contributed by atoms with Gasteiger partial charge >= 0.3 is 11.9 Å². The number of hydrogen-bond donors (Lipinski definition) is 5. The first-order valence-electron chi connectivity index (χ1n) is 5.56. The highest BCUT2D eigenvalue weighted by molar-refractivity contribution is 5.75. The molecule has 0 radical (unpaired) electrons. The highest BCUT2D eigenvalue weighted by Crippen LogP contribution is 1.94. The minimum absolute atomic E-state index is 0. The number of carboxylic acid groups (broad SMARTS) is 2. The van der Waals surface area contributed by atoms with E-state index in [1.165, 1.54) is 0 Å². The maximum Gasteiger partial charge on any atom is 0.320 e. The summed E-state index contributed by atoms with van der Waals surface area (Å²) < 4.78 is 0. The lowest BCUT2D eigenvalue weighted by Gasteiger charge is -2.03. The fraction of sp³-hybridized carbons (Fsp3) is 0.727. The highest BCUT2D eigenvalue weighted by atomic mass is 16.4. The lowest BCUT2D eigenvalue weighted by atomic mass is 10.2. The van der Waals surface area contributed by atoms with Crippen molar-refractivity contribution in [3.8, 4) is 0 Å². The average Bonchev–Trinajstić information content (AvgIpc) is 2.24. The third kappa shape index (κ3) is 21.9. The zero-order valence-electron chi connectivity index (χ0n) is 10.5. The Morgan fingerprint density at radius 1 is 1.26 bits per heavy atom. The fourth-order valence-corrected chi connectivity index (χ4v) is 0.857. The van der Waals surface area contributed by atoms with Crippen molar-refractivity contribution in [1.29, 1.82) is 0 Å². The van der Waals surface area contributed by atoms with Crippen LogP contribution in [0.2, 0.25) is 0 Å². The van der Waals surface area contributed by atoms with Crippen molar-refractivity contribution in [3.63, 3.8) is 0 Å². The molecule has 0 fully saturated rings.